The minimum absolute atomic E-state index is 0.103. The summed E-state index contributed by atoms with van der Waals surface area (Å²) >= 11 is 0. The molecule has 5 nitrogen and oxygen atoms in total. The van der Waals surface area contributed by atoms with Gasteiger partial charge in [0.05, 0.1) is 6.20 Å². The van der Waals surface area contributed by atoms with Gasteiger partial charge in [0, 0.05) is 32.5 Å². The van der Waals surface area contributed by atoms with Gasteiger partial charge in [0.25, 0.3) is 5.91 Å². The highest BCUT2D eigenvalue weighted by atomic mass is 16.2. The van der Waals surface area contributed by atoms with Crippen molar-refractivity contribution in [3.05, 3.63) is 24.3 Å². The molecule has 76 valence electrons. The molecule has 0 aliphatic carbocycles. The molecular weight excluding hydrogens is 180 g/mol. The second kappa shape index (κ2) is 5.29. The highest BCUT2D eigenvalue weighted by molar-refractivity contribution is 5.91. The molecule has 0 bridgehead atoms. The monoisotopic (exact) mass is 194 g/mol. The number of aromatic nitrogens is 2. The van der Waals surface area contributed by atoms with Crippen LogP contribution in [0.2, 0.25) is 0 Å². The van der Waals surface area contributed by atoms with Crippen molar-refractivity contribution in [2.45, 2.75) is 0 Å². The smallest absolute Gasteiger partial charge is 0.273 e. The molecule has 1 amide bonds. The van der Waals surface area contributed by atoms with Crippen LogP contribution in [-0.4, -0.2) is 48.0 Å². The fourth-order valence-corrected chi connectivity index (χ4v) is 0.986. The summed E-state index contributed by atoms with van der Waals surface area (Å²) in [4.78, 5) is 21.0. The third kappa shape index (κ3) is 2.77. The second-order valence-corrected chi connectivity index (χ2v) is 2.92. The summed E-state index contributed by atoms with van der Waals surface area (Å²) in [5, 5.41) is 2.98. The molecule has 1 aromatic heterocycles. The van der Waals surface area contributed by atoms with E-state index in [0.29, 0.717) is 12.2 Å². The van der Waals surface area contributed by atoms with Crippen molar-refractivity contribution in [1.82, 2.24) is 20.2 Å². The van der Waals surface area contributed by atoms with Gasteiger partial charge in [-0.2, -0.15) is 0 Å². The van der Waals surface area contributed by atoms with Crippen LogP contribution in [0.1, 0.15) is 10.5 Å². The number of hydrogen-bond acceptors (Lipinski definition) is 4. The van der Waals surface area contributed by atoms with Crippen LogP contribution in [-0.2, 0) is 0 Å². The zero-order chi connectivity index (χ0) is 10.4. The summed E-state index contributed by atoms with van der Waals surface area (Å²) in [5.41, 5.74) is 0.381. The van der Waals surface area contributed by atoms with Gasteiger partial charge in [-0.15, -0.1) is 0 Å². The van der Waals surface area contributed by atoms with Crippen LogP contribution in [0.3, 0.4) is 0 Å². The maximum atomic E-state index is 11.6. The first kappa shape index (κ1) is 10.6. The summed E-state index contributed by atoms with van der Waals surface area (Å²) in [5.74, 6) is -0.103. The minimum atomic E-state index is -0.103. The van der Waals surface area contributed by atoms with Gasteiger partial charge in [-0.1, -0.05) is 0 Å². The third-order valence-corrected chi connectivity index (χ3v) is 1.83. The summed E-state index contributed by atoms with van der Waals surface area (Å²) in [6.07, 6.45) is 4.53. The summed E-state index contributed by atoms with van der Waals surface area (Å²) in [6.45, 7) is 1.43. The maximum absolute atomic E-state index is 11.6. The molecule has 0 radical (unpaired) electrons. The van der Waals surface area contributed by atoms with Crippen LogP contribution >= 0.6 is 0 Å². The van der Waals surface area contributed by atoms with E-state index in [9.17, 15) is 4.79 Å². The molecule has 5 heteroatoms. The Hall–Kier alpha value is -1.49. The molecule has 0 fully saturated rings. The number of hydrogen-bond donors (Lipinski definition) is 1. The number of carbonyl (C=O) groups is 1. The van der Waals surface area contributed by atoms with E-state index in [1.54, 1.807) is 18.1 Å². The van der Waals surface area contributed by atoms with E-state index in [0.717, 1.165) is 6.54 Å². The molecule has 1 rings (SSSR count). The molecule has 1 N–H and O–H groups in total. The Kier molecular flexibility index (Phi) is 4.00. The first-order valence-corrected chi connectivity index (χ1v) is 4.41. The van der Waals surface area contributed by atoms with E-state index in [4.69, 9.17) is 0 Å². The van der Waals surface area contributed by atoms with E-state index in [1.807, 2.05) is 7.05 Å². The molecule has 0 aliphatic heterocycles. The number of amides is 1. The molecule has 0 atom stereocenters. The third-order valence-electron chi connectivity index (χ3n) is 1.83. The summed E-state index contributed by atoms with van der Waals surface area (Å²) < 4.78 is 0. The second-order valence-electron chi connectivity index (χ2n) is 2.92. The number of likely N-dealkylation sites (N-methyl/N-ethyl adjacent to an activating group) is 2. The van der Waals surface area contributed by atoms with Crippen molar-refractivity contribution in [1.29, 1.82) is 0 Å². The Balaban J connectivity index is 2.57. The zero-order valence-corrected chi connectivity index (χ0v) is 8.40. The van der Waals surface area contributed by atoms with E-state index in [1.165, 1.54) is 12.4 Å². The van der Waals surface area contributed by atoms with Crippen LogP contribution in [0.5, 0.6) is 0 Å². The molecule has 1 aromatic rings. The molecule has 0 unspecified atom stereocenters. The molecular formula is C9H14N4O. The van der Waals surface area contributed by atoms with Gasteiger partial charge in [-0.25, -0.2) is 4.98 Å². The molecule has 0 aliphatic rings. The van der Waals surface area contributed by atoms with E-state index >= 15 is 0 Å². The number of rotatable bonds is 4. The Morgan fingerprint density at radius 3 is 2.93 bits per heavy atom. The zero-order valence-electron chi connectivity index (χ0n) is 8.40. The molecule has 0 saturated heterocycles. The van der Waals surface area contributed by atoms with Gasteiger partial charge in [-0.05, 0) is 7.05 Å². The van der Waals surface area contributed by atoms with Gasteiger partial charge in [0.2, 0.25) is 0 Å². The lowest BCUT2D eigenvalue weighted by atomic mass is 10.4. The van der Waals surface area contributed by atoms with Crippen molar-refractivity contribution in [2.24, 2.45) is 0 Å². The lowest BCUT2D eigenvalue weighted by molar-refractivity contribution is 0.0790. The molecule has 1 heterocycles. The number of carbonyl (C=O) groups excluding carboxylic acids is 1. The largest absolute Gasteiger partial charge is 0.339 e. The first-order chi connectivity index (χ1) is 6.75. The van der Waals surface area contributed by atoms with Crippen LogP contribution in [0.25, 0.3) is 0 Å². The predicted molar refractivity (Wildman–Crippen MR) is 52.9 cm³/mol. The van der Waals surface area contributed by atoms with E-state index < -0.39 is 0 Å². The van der Waals surface area contributed by atoms with Crippen LogP contribution in [0, 0.1) is 0 Å². The van der Waals surface area contributed by atoms with Crippen molar-refractivity contribution >= 4 is 5.91 Å². The van der Waals surface area contributed by atoms with E-state index in [-0.39, 0.29) is 5.91 Å². The minimum Gasteiger partial charge on any atom is -0.339 e. The summed E-state index contributed by atoms with van der Waals surface area (Å²) in [7, 11) is 3.59. The normalized spacial score (nSPS) is 9.86. The quantitative estimate of drug-likeness (QED) is 0.719. The van der Waals surface area contributed by atoms with Gasteiger partial charge < -0.3 is 10.2 Å². The lowest BCUT2D eigenvalue weighted by Gasteiger charge is -2.15. The van der Waals surface area contributed by atoms with Crippen LogP contribution < -0.4 is 5.32 Å². The van der Waals surface area contributed by atoms with Crippen LogP contribution in [0.15, 0.2) is 18.6 Å². The number of nitrogens with zero attached hydrogens (tertiary/aromatic N) is 3. The fourth-order valence-electron chi connectivity index (χ4n) is 0.986. The van der Waals surface area contributed by atoms with Crippen LogP contribution in [0.4, 0.5) is 0 Å². The maximum Gasteiger partial charge on any atom is 0.273 e. The molecule has 14 heavy (non-hydrogen) atoms. The van der Waals surface area contributed by atoms with Gasteiger partial charge in [0.15, 0.2) is 0 Å². The van der Waals surface area contributed by atoms with Crippen molar-refractivity contribution < 1.29 is 4.79 Å². The number of nitrogens with one attached hydrogen (secondary N) is 1. The Morgan fingerprint density at radius 1 is 1.57 bits per heavy atom. The molecule has 0 saturated carbocycles. The Bertz CT molecular complexity index is 288. The fraction of sp³-hybridized carbons (Fsp3) is 0.444. The van der Waals surface area contributed by atoms with Crippen molar-refractivity contribution in [3.63, 3.8) is 0 Å². The Labute approximate surface area is 83.2 Å². The topological polar surface area (TPSA) is 58.1 Å². The van der Waals surface area contributed by atoms with Crippen molar-refractivity contribution in [2.75, 3.05) is 27.2 Å². The average Bonchev–Trinajstić information content (AvgIpc) is 2.26. The molecule has 0 spiro atoms. The first-order valence-electron chi connectivity index (χ1n) is 4.41. The van der Waals surface area contributed by atoms with E-state index in [2.05, 4.69) is 15.3 Å². The standard InChI is InChI=1S/C9H14N4O/c1-10-5-6-13(2)9(14)8-7-11-3-4-12-8/h3-4,7,10H,5-6H2,1-2H3. The Morgan fingerprint density at radius 2 is 2.36 bits per heavy atom. The van der Waals surface area contributed by atoms with Gasteiger partial charge >= 0.3 is 0 Å². The van der Waals surface area contributed by atoms with Crippen molar-refractivity contribution in [3.8, 4) is 0 Å². The molecule has 0 aromatic carbocycles. The SMILES string of the molecule is CNCCN(C)C(=O)c1cnccn1. The average molecular weight is 194 g/mol. The summed E-state index contributed by atoms with van der Waals surface area (Å²) in [6, 6.07) is 0. The predicted octanol–water partition coefficient (Wildman–Crippen LogP) is -0.232. The van der Waals surface area contributed by atoms with Gasteiger partial charge in [0.1, 0.15) is 5.69 Å². The highest BCUT2D eigenvalue weighted by Gasteiger charge is 2.11. The highest BCUT2D eigenvalue weighted by Crippen LogP contribution is 1.96. The lowest BCUT2D eigenvalue weighted by Crippen LogP contribution is -2.33. The van der Waals surface area contributed by atoms with Gasteiger partial charge in [-0.3, -0.25) is 9.78 Å².